The summed E-state index contributed by atoms with van der Waals surface area (Å²) in [6.45, 7) is 9.17. The molecule has 0 saturated carbocycles. The Balaban J connectivity index is 2.10. The summed E-state index contributed by atoms with van der Waals surface area (Å²) in [6.07, 6.45) is 0. The van der Waals surface area contributed by atoms with Gasteiger partial charge in [0, 0.05) is 17.7 Å². The highest BCUT2D eigenvalue weighted by molar-refractivity contribution is 6.09. The predicted molar refractivity (Wildman–Crippen MR) is 110 cm³/mol. The van der Waals surface area contributed by atoms with E-state index in [1.165, 1.54) is 0 Å². The number of hydrogen-bond donors (Lipinski definition) is 2. The lowest BCUT2D eigenvalue weighted by Crippen LogP contribution is -2.40. The number of ether oxygens (including phenoxy) is 2. The lowest BCUT2D eigenvalue weighted by Gasteiger charge is -2.21. The van der Waals surface area contributed by atoms with Crippen LogP contribution in [0.15, 0.2) is 48.5 Å². The summed E-state index contributed by atoms with van der Waals surface area (Å²) < 4.78 is 10.8. The van der Waals surface area contributed by atoms with E-state index in [-0.39, 0.29) is 17.4 Å². The first-order valence-corrected chi connectivity index (χ1v) is 9.33. The molecule has 2 N–H and O–H groups in total. The Morgan fingerprint density at radius 3 is 2.43 bits per heavy atom. The Morgan fingerprint density at radius 1 is 0.964 bits per heavy atom. The molecule has 0 unspecified atom stereocenters. The van der Waals surface area contributed by atoms with Crippen molar-refractivity contribution in [2.24, 2.45) is 0 Å². The minimum atomic E-state index is -0.374. The fourth-order valence-corrected chi connectivity index (χ4v) is 2.48. The Bertz CT molecular complexity index is 812. The first kappa shape index (κ1) is 21.4. The Labute approximate surface area is 166 Å². The van der Waals surface area contributed by atoms with Gasteiger partial charge < -0.3 is 20.1 Å². The van der Waals surface area contributed by atoms with Gasteiger partial charge in [0.1, 0.15) is 12.4 Å². The summed E-state index contributed by atoms with van der Waals surface area (Å²) >= 11 is 0. The molecule has 6 heteroatoms. The molecule has 0 fully saturated rings. The molecule has 28 heavy (non-hydrogen) atoms. The maximum atomic E-state index is 12.7. The summed E-state index contributed by atoms with van der Waals surface area (Å²) in [5.74, 6) is 0.0359. The van der Waals surface area contributed by atoms with E-state index in [0.717, 1.165) is 0 Å². The SMILES string of the molecule is CCOCCOc1cccc(C(=O)Nc2ccccc2C(=O)NC(C)(C)C)c1. The van der Waals surface area contributed by atoms with E-state index in [0.29, 0.717) is 42.4 Å². The number of amides is 2. The smallest absolute Gasteiger partial charge is 0.255 e. The van der Waals surface area contributed by atoms with E-state index < -0.39 is 0 Å². The summed E-state index contributed by atoms with van der Waals surface area (Å²) in [5, 5.41) is 5.73. The summed E-state index contributed by atoms with van der Waals surface area (Å²) in [6, 6.07) is 13.8. The number of rotatable bonds is 8. The minimum Gasteiger partial charge on any atom is -0.491 e. The highest BCUT2D eigenvalue weighted by Crippen LogP contribution is 2.19. The topological polar surface area (TPSA) is 76.7 Å². The number of carbonyl (C=O) groups excluding carboxylic acids is 2. The van der Waals surface area contributed by atoms with Gasteiger partial charge in [0.15, 0.2) is 0 Å². The second kappa shape index (κ2) is 9.90. The molecule has 0 saturated heterocycles. The molecule has 6 nitrogen and oxygen atoms in total. The van der Waals surface area contributed by atoms with Crippen LogP contribution in [-0.4, -0.2) is 37.2 Å². The predicted octanol–water partition coefficient (Wildman–Crippen LogP) is 3.88. The molecular formula is C22H28N2O4. The van der Waals surface area contributed by atoms with Crippen molar-refractivity contribution in [3.05, 3.63) is 59.7 Å². The van der Waals surface area contributed by atoms with Gasteiger partial charge in [0.2, 0.25) is 0 Å². The van der Waals surface area contributed by atoms with Crippen molar-refractivity contribution >= 4 is 17.5 Å². The van der Waals surface area contributed by atoms with Crippen molar-refractivity contribution in [3.63, 3.8) is 0 Å². The first-order chi connectivity index (χ1) is 13.3. The highest BCUT2D eigenvalue weighted by atomic mass is 16.5. The Morgan fingerprint density at radius 2 is 1.71 bits per heavy atom. The van der Waals surface area contributed by atoms with Gasteiger partial charge in [0.05, 0.1) is 17.9 Å². The average molecular weight is 384 g/mol. The normalized spacial score (nSPS) is 11.0. The van der Waals surface area contributed by atoms with Gasteiger partial charge >= 0.3 is 0 Å². The van der Waals surface area contributed by atoms with Crippen molar-refractivity contribution in [1.29, 1.82) is 0 Å². The van der Waals surface area contributed by atoms with Gasteiger partial charge in [-0.1, -0.05) is 18.2 Å². The van der Waals surface area contributed by atoms with Crippen molar-refractivity contribution < 1.29 is 19.1 Å². The van der Waals surface area contributed by atoms with Gasteiger partial charge in [-0.05, 0) is 58.0 Å². The third-order valence-electron chi connectivity index (χ3n) is 3.71. The van der Waals surface area contributed by atoms with Gasteiger partial charge in [-0.25, -0.2) is 0 Å². The van der Waals surface area contributed by atoms with E-state index in [9.17, 15) is 9.59 Å². The molecule has 0 aliphatic carbocycles. The lowest BCUT2D eigenvalue weighted by atomic mass is 10.1. The van der Waals surface area contributed by atoms with Crippen molar-refractivity contribution in [2.45, 2.75) is 33.2 Å². The Hall–Kier alpha value is -2.86. The maximum absolute atomic E-state index is 12.7. The van der Waals surface area contributed by atoms with Crippen LogP contribution in [-0.2, 0) is 4.74 Å². The molecule has 2 aromatic rings. The van der Waals surface area contributed by atoms with Gasteiger partial charge in [-0.3, -0.25) is 9.59 Å². The van der Waals surface area contributed by atoms with Crippen LogP contribution >= 0.6 is 0 Å². The molecule has 0 atom stereocenters. The molecule has 0 aliphatic heterocycles. The molecule has 0 spiro atoms. The molecule has 150 valence electrons. The zero-order chi connectivity index (χ0) is 20.6. The molecule has 2 rings (SSSR count). The van der Waals surface area contributed by atoms with Crippen molar-refractivity contribution in [3.8, 4) is 5.75 Å². The monoisotopic (exact) mass is 384 g/mol. The fraction of sp³-hybridized carbons (Fsp3) is 0.364. The number of hydrogen-bond acceptors (Lipinski definition) is 4. The van der Waals surface area contributed by atoms with E-state index in [2.05, 4.69) is 10.6 Å². The zero-order valence-electron chi connectivity index (χ0n) is 16.9. The van der Waals surface area contributed by atoms with E-state index in [1.807, 2.05) is 27.7 Å². The summed E-state index contributed by atoms with van der Waals surface area (Å²) in [4.78, 5) is 25.2. The largest absolute Gasteiger partial charge is 0.491 e. The quantitative estimate of drug-likeness (QED) is 0.677. The van der Waals surface area contributed by atoms with Crippen LogP contribution in [0, 0.1) is 0 Å². The van der Waals surface area contributed by atoms with Crippen LogP contribution in [0.5, 0.6) is 5.75 Å². The third-order valence-corrected chi connectivity index (χ3v) is 3.71. The molecule has 0 aliphatic rings. The van der Waals surface area contributed by atoms with Crippen molar-refractivity contribution in [2.75, 3.05) is 25.1 Å². The van der Waals surface area contributed by atoms with Crippen molar-refractivity contribution in [1.82, 2.24) is 5.32 Å². The molecule has 0 bridgehead atoms. The second-order valence-electron chi connectivity index (χ2n) is 7.28. The molecule has 0 radical (unpaired) electrons. The highest BCUT2D eigenvalue weighted by Gasteiger charge is 2.19. The molecular weight excluding hydrogens is 356 g/mol. The third kappa shape index (κ3) is 6.70. The fourth-order valence-electron chi connectivity index (χ4n) is 2.48. The van der Waals surface area contributed by atoms with Crippen LogP contribution in [0.2, 0.25) is 0 Å². The van der Waals surface area contributed by atoms with Crippen LogP contribution in [0.3, 0.4) is 0 Å². The number of nitrogens with one attached hydrogen (secondary N) is 2. The Kier molecular flexibility index (Phi) is 7.58. The number of carbonyl (C=O) groups is 2. The molecule has 0 aromatic heterocycles. The lowest BCUT2D eigenvalue weighted by molar-refractivity contribution is 0.0920. The van der Waals surface area contributed by atoms with Gasteiger partial charge in [-0.2, -0.15) is 0 Å². The van der Waals surface area contributed by atoms with Gasteiger partial charge in [0.25, 0.3) is 11.8 Å². The van der Waals surface area contributed by atoms with Crippen LogP contribution in [0.1, 0.15) is 48.4 Å². The van der Waals surface area contributed by atoms with Crippen LogP contribution in [0.25, 0.3) is 0 Å². The minimum absolute atomic E-state index is 0.239. The van der Waals surface area contributed by atoms with Crippen LogP contribution in [0.4, 0.5) is 5.69 Å². The van der Waals surface area contributed by atoms with E-state index in [1.54, 1.807) is 48.5 Å². The molecule has 2 aromatic carbocycles. The van der Waals surface area contributed by atoms with E-state index >= 15 is 0 Å². The maximum Gasteiger partial charge on any atom is 0.255 e. The van der Waals surface area contributed by atoms with Crippen LogP contribution < -0.4 is 15.4 Å². The first-order valence-electron chi connectivity index (χ1n) is 9.33. The summed E-state index contributed by atoms with van der Waals surface area (Å²) in [5.41, 5.74) is 0.938. The number of anilines is 1. The van der Waals surface area contributed by atoms with Gasteiger partial charge in [-0.15, -0.1) is 0 Å². The molecule has 0 heterocycles. The molecule has 2 amide bonds. The zero-order valence-corrected chi connectivity index (χ0v) is 16.9. The number of para-hydroxylation sites is 1. The van der Waals surface area contributed by atoms with E-state index in [4.69, 9.17) is 9.47 Å². The standard InChI is InChI=1S/C22H28N2O4/c1-5-27-13-14-28-17-10-8-9-16(15-17)20(25)23-19-12-7-6-11-18(19)21(26)24-22(2,3)4/h6-12,15H,5,13-14H2,1-4H3,(H,23,25)(H,24,26). The number of benzene rings is 2. The summed E-state index contributed by atoms with van der Waals surface area (Å²) in [7, 11) is 0. The second-order valence-corrected chi connectivity index (χ2v) is 7.28. The average Bonchev–Trinajstić information content (AvgIpc) is 2.64.